The van der Waals surface area contributed by atoms with Crippen LogP contribution in [-0.4, -0.2) is 30.3 Å². The molecule has 6 nitrogen and oxygen atoms in total. The van der Waals surface area contributed by atoms with Crippen molar-refractivity contribution in [3.63, 3.8) is 0 Å². The highest BCUT2D eigenvalue weighted by Crippen LogP contribution is 2.02. The van der Waals surface area contributed by atoms with Gasteiger partial charge in [-0.1, -0.05) is 0 Å². The van der Waals surface area contributed by atoms with Crippen molar-refractivity contribution in [3.05, 3.63) is 12.4 Å². The number of primary sulfonamides is 1. The summed E-state index contributed by atoms with van der Waals surface area (Å²) in [5.41, 5.74) is 0. The molecule has 0 aromatic carbocycles. The first-order chi connectivity index (χ1) is 6.53. The average Bonchev–Trinajstić information content (AvgIpc) is 2.49. The first kappa shape index (κ1) is 11.0. The van der Waals surface area contributed by atoms with Gasteiger partial charge in [-0.2, -0.15) is 0 Å². The first-order valence-electron chi connectivity index (χ1n) is 4.28. The van der Waals surface area contributed by atoms with Gasteiger partial charge >= 0.3 is 0 Å². The van der Waals surface area contributed by atoms with E-state index in [2.05, 4.69) is 10.3 Å². The quantitative estimate of drug-likeness (QED) is 0.704. The van der Waals surface area contributed by atoms with Crippen LogP contribution in [-0.2, 0) is 16.6 Å². The smallest absolute Gasteiger partial charge is 0.210 e. The Bertz CT molecular complexity index is 384. The molecule has 7 heteroatoms. The third-order valence-electron chi connectivity index (χ3n) is 1.73. The van der Waals surface area contributed by atoms with Crippen LogP contribution in [0.4, 0.5) is 5.95 Å². The van der Waals surface area contributed by atoms with Crippen LogP contribution in [0.5, 0.6) is 0 Å². The highest BCUT2D eigenvalue weighted by Gasteiger charge is 2.04. The lowest BCUT2D eigenvalue weighted by Crippen LogP contribution is -2.23. The number of nitrogens with one attached hydrogen (secondary N) is 1. The SMILES string of the molecule is CCn1ccnc1NCCS(N)(=O)=O. The van der Waals surface area contributed by atoms with Crippen LogP contribution >= 0.6 is 0 Å². The van der Waals surface area contributed by atoms with E-state index in [1.807, 2.05) is 17.7 Å². The summed E-state index contributed by atoms with van der Waals surface area (Å²) in [4.78, 5) is 4.02. The van der Waals surface area contributed by atoms with E-state index in [1.165, 1.54) is 0 Å². The summed E-state index contributed by atoms with van der Waals surface area (Å²) in [7, 11) is -3.40. The molecule has 0 amide bonds. The van der Waals surface area contributed by atoms with Gasteiger partial charge in [0.25, 0.3) is 0 Å². The van der Waals surface area contributed by atoms with Gasteiger partial charge < -0.3 is 9.88 Å². The summed E-state index contributed by atoms with van der Waals surface area (Å²) in [6.45, 7) is 3.04. The van der Waals surface area contributed by atoms with E-state index in [9.17, 15) is 8.42 Å². The van der Waals surface area contributed by atoms with Gasteiger partial charge in [-0.15, -0.1) is 0 Å². The largest absolute Gasteiger partial charge is 0.355 e. The molecule has 0 saturated carbocycles. The summed E-state index contributed by atoms with van der Waals surface area (Å²) in [5.74, 6) is 0.569. The number of sulfonamides is 1. The summed E-state index contributed by atoms with van der Waals surface area (Å²) >= 11 is 0. The first-order valence-corrected chi connectivity index (χ1v) is 6.00. The van der Waals surface area contributed by atoms with E-state index in [0.717, 1.165) is 6.54 Å². The van der Waals surface area contributed by atoms with Gasteiger partial charge in [-0.3, -0.25) is 0 Å². The van der Waals surface area contributed by atoms with Gasteiger partial charge in [0.15, 0.2) is 0 Å². The van der Waals surface area contributed by atoms with E-state index in [1.54, 1.807) is 6.20 Å². The fourth-order valence-corrected chi connectivity index (χ4v) is 1.42. The number of hydrogen-bond donors (Lipinski definition) is 2. The Labute approximate surface area is 83.2 Å². The molecule has 14 heavy (non-hydrogen) atoms. The van der Waals surface area contributed by atoms with Crippen molar-refractivity contribution >= 4 is 16.0 Å². The molecule has 3 N–H and O–H groups in total. The molecule has 0 aliphatic carbocycles. The molecule has 0 radical (unpaired) electrons. The van der Waals surface area contributed by atoms with E-state index >= 15 is 0 Å². The minimum absolute atomic E-state index is 0.0937. The van der Waals surface area contributed by atoms with Gasteiger partial charge in [0, 0.05) is 25.5 Å². The van der Waals surface area contributed by atoms with E-state index in [4.69, 9.17) is 5.14 Å². The van der Waals surface area contributed by atoms with Crippen molar-refractivity contribution in [3.8, 4) is 0 Å². The molecule has 0 unspecified atom stereocenters. The maximum absolute atomic E-state index is 10.6. The van der Waals surface area contributed by atoms with Crippen molar-refractivity contribution in [2.24, 2.45) is 5.14 Å². The summed E-state index contributed by atoms with van der Waals surface area (Å²) in [6.07, 6.45) is 3.47. The Hall–Kier alpha value is -1.08. The molecule has 0 aliphatic rings. The number of aryl methyl sites for hydroxylation is 1. The second-order valence-corrected chi connectivity index (χ2v) is 4.56. The summed E-state index contributed by atoms with van der Waals surface area (Å²) in [6, 6.07) is 0. The Kier molecular flexibility index (Phi) is 3.48. The molecule has 0 bridgehead atoms. The van der Waals surface area contributed by atoms with Crippen LogP contribution in [0.2, 0.25) is 0 Å². The van der Waals surface area contributed by atoms with Gasteiger partial charge in [-0.05, 0) is 6.92 Å². The van der Waals surface area contributed by atoms with Crippen LogP contribution in [0, 0.1) is 0 Å². The lowest BCUT2D eigenvalue weighted by molar-refractivity contribution is 0.598. The maximum Gasteiger partial charge on any atom is 0.210 e. The van der Waals surface area contributed by atoms with Crippen LogP contribution in [0.25, 0.3) is 0 Å². The zero-order chi connectivity index (χ0) is 10.6. The lowest BCUT2D eigenvalue weighted by atomic mass is 10.7. The minimum atomic E-state index is -3.40. The fraction of sp³-hybridized carbons (Fsp3) is 0.571. The van der Waals surface area contributed by atoms with E-state index < -0.39 is 10.0 Å². The maximum atomic E-state index is 10.6. The Balaban J connectivity index is 2.46. The second kappa shape index (κ2) is 4.43. The van der Waals surface area contributed by atoms with Gasteiger partial charge in [0.05, 0.1) is 5.75 Å². The lowest BCUT2D eigenvalue weighted by Gasteiger charge is -2.06. The highest BCUT2D eigenvalue weighted by molar-refractivity contribution is 7.89. The summed E-state index contributed by atoms with van der Waals surface area (Å²) < 4.78 is 23.1. The number of imidazole rings is 1. The third kappa shape index (κ3) is 3.35. The standard InChI is InChI=1S/C7H14N4O2S/c1-2-11-5-3-9-7(11)10-4-6-14(8,12)13/h3,5H,2,4,6H2,1H3,(H,9,10)(H2,8,12,13). The van der Waals surface area contributed by atoms with Gasteiger partial charge in [0.2, 0.25) is 16.0 Å². The van der Waals surface area contributed by atoms with Crippen LogP contribution < -0.4 is 10.5 Å². The predicted molar refractivity (Wildman–Crippen MR) is 54.4 cm³/mol. The molecule has 0 fully saturated rings. The highest BCUT2D eigenvalue weighted by atomic mass is 32.2. The third-order valence-corrected chi connectivity index (χ3v) is 2.50. The fourth-order valence-electron chi connectivity index (χ4n) is 1.04. The number of aromatic nitrogens is 2. The number of hydrogen-bond acceptors (Lipinski definition) is 4. The molecule has 1 heterocycles. The van der Waals surface area contributed by atoms with Gasteiger partial charge in [-0.25, -0.2) is 18.5 Å². The topological polar surface area (TPSA) is 90.0 Å². The van der Waals surface area contributed by atoms with Crippen LogP contribution in [0.3, 0.4) is 0 Å². The molecule has 1 aromatic rings. The Morgan fingerprint density at radius 2 is 2.36 bits per heavy atom. The summed E-state index contributed by atoms with van der Waals surface area (Å²) in [5, 5.41) is 7.74. The van der Waals surface area contributed by atoms with E-state index in [0.29, 0.717) is 5.95 Å². The monoisotopic (exact) mass is 218 g/mol. The molecule has 0 saturated heterocycles. The molecule has 1 aromatic heterocycles. The molecule has 80 valence electrons. The zero-order valence-corrected chi connectivity index (χ0v) is 8.79. The molecule has 0 spiro atoms. The average molecular weight is 218 g/mol. The van der Waals surface area contributed by atoms with Gasteiger partial charge in [0.1, 0.15) is 0 Å². The van der Waals surface area contributed by atoms with Crippen molar-refractivity contribution in [1.29, 1.82) is 0 Å². The van der Waals surface area contributed by atoms with Crippen molar-refractivity contribution in [2.75, 3.05) is 17.6 Å². The van der Waals surface area contributed by atoms with Crippen molar-refractivity contribution in [2.45, 2.75) is 13.5 Å². The molecule has 0 aliphatic heterocycles. The molecule has 0 atom stereocenters. The molecular formula is C7H14N4O2S. The van der Waals surface area contributed by atoms with Crippen LogP contribution in [0.1, 0.15) is 6.92 Å². The Morgan fingerprint density at radius 1 is 1.64 bits per heavy atom. The van der Waals surface area contributed by atoms with Crippen molar-refractivity contribution in [1.82, 2.24) is 9.55 Å². The minimum Gasteiger partial charge on any atom is -0.355 e. The number of nitrogens with zero attached hydrogens (tertiary/aromatic N) is 2. The number of rotatable bonds is 5. The molecular weight excluding hydrogens is 204 g/mol. The van der Waals surface area contributed by atoms with Crippen molar-refractivity contribution < 1.29 is 8.42 Å². The number of nitrogens with two attached hydrogens (primary N) is 1. The number of anilines is 1. The zero-order valence-electron chi connectivity index (χ0n) is 7.97. The normalized spacial score (nSPS) is 11.6. The second-order valence-electron chi connectivity index (χ2n) is 2.83. The molecule has 1 rings (SSSR count). The van der Waals surface area contributed by atoms with E-state index in [-0.39, 0.29) is 12.3 Å². The predicted octanol–water partition coefficient (Wildman–Crippen LogP) is -0.397. The van der Waals surface area contributed by atoms with Crippen LogP contribution in [0.15, 0.2) is 12.4 Å². The Morgan fingerprint density at radius 3 is 2.93 bits per heavy atom.